The largest absolute Gasteiger partial charge is 0.385 e. The van der Waals surface area contributed by atoms with Gasteiger partial charge in [0.15, 0.2) is 0 Å². The molecule has 3 aliphatic rings. The van der Waals surface area contributed by atoms with E-state index in [1.54, 1.807) is 0 Å². The number of anilines is 2. The second kappa shape index (κ2) is 10.2. The van der Waals surface area contributed by atoms with Gasteiger partial charge in [-0.05, 0) is 53.9 Å². The monoisotopic (exact) mass is 530 g/mol. The molecular weight excluding hydrogens is 494 g/mol. The van der Waals surface area contributed by atoms with Crippen LogP contribution in [0.2, 0.25) is 0 Å². The molecule has 0 amide bonds. The van der Waals surface area contributed by atoms with Gasteiger partial charge in [0.1, 0.15) is 5.82 Å². The third-order valence-corrected chi connectivity index (χ3v) is 8.29. The number of nitrogens with two attached hydrogens (primary N) is 1. The molecule has 3 N–H and O–H groups in total. The molecule has 2 aromatic carbocycles. The lowest BCUT2D eigenvalue weighted by Crippen LogP contribution is -2.45. The lowest BCUT2D eigenvalue weighted by Gasteiger charge is -2.36. The smallest absolute Gasteiger partial charge is 0.261 e. The number of nitrogens with one attached hydrogen (secondary N) is 1. The van der Waals surface area contributed by atoms with Crippen molar-refractivity contribution < 1.29 is 8.78 Å². The summed E-state index contributed by atoms with van der Waals surface area (Å²) < 4.78 is 28.0. The van der Waals surface area contributed by atoms with Crippen molar-refractivity contribution in [3.8, 4) is 22.3 Å². The Morgan fingerprint density at radius 3 is 2.54 bits per heavy atom. The lowest BCUT2D eigenvalue weighted by molar-refractivity contribution is 0.0115. The fourth-order valence-corrected chi connectivity index (χ4v) is 6.00. The summed E-state index contributed by atoms with van der Waals surface area (Å²) in [6.45, 7) is 9.54. The van der Waals surface area contributed by atoms with Crippen LogP contribution in [-0.2, 0) is 13.0 Å². The second-order valence-corrected chi connectivity index (χ2v) is 11.1. The number of halogens is 2. The number of likely N-dealkylation sites (tertiary alicyclic amines) is 1. The lowest BCUT2D eigenvalue weighted by atomic mass is 9.93. The van der Waals surface area contributed by atoms with E-state index in [2.05, 4.69) is 76.2 Å². The molecule has 2 fully saturated rings. The molecule has 3 aromatic rings. The number of aromatic nitrogens is 1. The zero-order valence-electron chi connectivity index (χ0n) is 22.5. The standard InChI is InChI=1S/C31H36F2N6/c1-21-27-5-3-23(16-24(27)7-9-35-21)28-17-25(18-36-30(28)34)22-4-6-29(39-13-11-37(2)12-14-39)26(15-22)19-38-10-8-31(32,33)20-38/h3-6,15-18,35H,1,7-14,19-20H2,2H3,(H2,34,36). The fourth-order valence-electron chi connectivity index (χ4n) is 6.00. The number of piperazine rings is 1. The van der Waals surface area contributed by atoms with Gasteiger partial charge >= 0.3 is 0 Å². The molecule has 0 bridgehead atoms. The SMILES string of the molecule is C=C1NCCc2cc(-c3cc(-c4ccc(N5CCN(C)CC5)c(CN5CCC(F)(F)C5)c4)cnc3N)ccc21. The van der Waals surface area contributed by atoms with E-state index in [0.717, 1.165) is 83.9 Å². The summed E-state index contributed by atoms with van der Waals surface area (Å²) in [4.78, 5) is 11.1. The van der Waals surface area contributed by atoms with Crippen LogP contribution >= 0.6 is 0 Å². The van der Waals surface area contributed by atoms with E-state index in [1.807, 2.05) is 11.1 Å². The first-order chi connectivity index (χ1) is 18.8. The van der Waals surface area contributed by atoms with Crippen molar-refractivity contribution >= 4 is 17.2 Å². The van der Waals surface area contributed by atoms with Crippen LogP contribution in [-0.4, -0.2) is 73.6 Å². The Kier molecular flexibility index (Phi) is 6.77. The first-order valence-electron chi connectivity index (χ1n) is 13.7. The highest BCUT2D eigenvalue weighted by Gasteiger charge is 2.38. The zero-order valence-corrected chi connectivity index (χ0v) is 22.5. The summed E-state index contributed by atoms with van der Waals surface area (Å²) in [7, 11) is 2.13. The number of likely N-dealkylation sites (N-methyl/N-ethyl adjacent to an activating group) is 1. The van der Waals surface area contributed by atoms with E-state index in [9.17, 15) is 8.78 Å². The van der Waals surface area contributed by atoms with E-state index < -0.39 is 5.92 Å². The maximum Gasteiger partial charge on any atom is 0.261 e. The highest BCUT2D eigenvalue weighted by atomic mass is 19.3. The summed E-state index contributed by atoms with van der Waals surface area (Å²) >= 11 is 0. The molecule has 2 saturated heterocycles. The molecule has 6 nitrogen and oxygen atoms in total. The van der Waals surface area contributed by atoms with Crippen molar-refractivity contribution in [2.24, 2.45) is 0 Å². The molecule has 3 aliphatic heterocycles. The fraction of sp³-hybridized carbons (Fsp3) is 0.387. The summed E-state index contributed by atoms with van der Waals surface area (Å²) in [6.07, 6.45) is 2.66. The average Bonchev–Trinajstić information content (AvgIpc) is 3.27. The van der Waals surface area contributed by atoms with E-state index in [0.29, 0.717) is 18.9 Å². The van der Waals surface area contributed by atoms with Crippen LogP contribution < -0.4 is 16.0 Å². The minimum atomic E-state index is -2.61. The van der Waals surface area contributed by atoms with Gasteiger partial charge in [0.2, 0.25) is 0 Å². The number of alkyl halides is 2. The summed E-state index contributed by atoms with van der Waals surface area (Å²) in [6, 6.07) is 14.9. The van der Waals surface area contributed by atoms with Crippen molar-refractivity contribution in [2.45, 2.75) is 25.3 Å². The van der Waals surface area contributed by atoms with Crippen molar-refractivity contribution in [3.05, 3.63) is 71.9 Å². The van der Waals surface area contributed by atoms with Crippen LogP contribution in [0.4, 0.5) is 20.3 Å². The minimum absolute atomic E-state index is 0.0774. The number of fused-ring (bicyclic) bond motifs is 1. The molecule has 6 rings (SSSR count). The van der Waals surface area contributed by atoms with Crippen molar-refractivity contribution in [2.75, 3.05) is 63.5 Å². The maximum absolute atomic E-state index is 14.0. The summed E-state index contributed by atoms with van der Waals surface area (Å²) in [5, 5.41) is 3.32. The van der Waals surface area contributed by atoms with Crippen molar-refractivity contribution in [1.29, 1.82) is 0 Å². The Bertz CT molecular complexity index is 1400. The molecule has 0 saturated carbocycles. The van der Waals surface area contributed by atoms with Gasteiger partial charge in [-0.25, -0.2) is 13.8 Å². The number of benzene rings is 2. The molecule has 0 aliphatic carbocycles. The summed E-state index contributed by atoms with van der Waals surface area (Å²) in [5.41, 5.74) is 15.8. The van der Waals surface area contributed by atoms with Gasteiger partial charge in [-0.15, -0.1) is 0 Å². The van der Waals surface area contributed by atoms with Crippen LogP contribution in [0, 0.1) is 0 Å². The highest BCUT2D eigenvalue weighted by molar-refractivity contribution is 5.82. The third kappa shape index (κ3) is 5.36. The Hall–Kier alpha value is -3.49. The summed E-state index contributed by atoms with van der Waals surface area (Å²) in [5.74, 6) is -2.13. The number of nitrogens with zero attached hydrogens (tertiary/aromatic N) is 4. The molecule has 0 atom stereocenters. The van der Waals surface area contributed by atoms with Gasteiger partial charge in [-0.1, -0.05) is 30.8 Å². The van der Waals surface area contributed by atoms with Crippen LogP contribution in [0.15, 0.2) is 55.2 Å². The van der Waals surface area contributed by atoms with E-state index in [1.165, 1.54) is 5.56 Å². The quantitative estimate of drug-likeness (QED) is 0.499. The molecule has 0 unspecified atom stereocenters. The third-order valence-electron chi connectivity index (χ3n) is 8.29. The number of hydrogen-bond donors (Lipinski definition) is 2. The van der Waals surface area contributed by atoms with Crippen LogP contribution in [0.5, 0.6) is 0 Å². The topological polar surface area (TPSA) is 60.7 Å². The van der Waals surface area contributed by atoms with E-state index >= 15 is 0 Å². The molecule has 0 spiro atoms. The van der Waals surface area contributed by atoms with Crippen LogP contribution in [0.3, 0.4) is 0 Å². The van der Waals surface area contributed by atoms with Crippen molar-refractivity contribution in [3.63, 3.8) is 0 Å². The predicted octanol–water partition coefficient (Wildman–Crippen LogP) is 4.71. The first-order valence-corrected chi connectivity index (χ1v) is 13.7. The molecule has 39 heavy (non-hydrogen) atoms. The van der Waals surface area contributed by atoms with Crippen LogP contribution in [0.25, 0.3) is 28.0 Å². The molecule has 8 heteroatoms. The van der Waals surface area contributed by atoms with Gasteiger partial charge in [-0.2, -0.15) is 0 Å². The number of hydrogen-bond acceptors (Lipinski definition) is 6. The Labute approximate surface area is 229 Å². The Morgan fingerprint density at radius 2 is 1.77 bits per heavy atom. The molecule has 204 valence electrons. The second-order valence-electron chi connectivity index (χ2n) is 11.1. The maximum atomic E-state index is 14.0. The molecule has 1 aromatic heterocycles. The Balaban J connectivity index is 1.35. The molecule has 0 radical (unpaired) electrons. The van der Waals surface area contributed by atoms with Crippen LogP contribution in [0.1, 0.15) is 23.1 Å². The van der Waals surface area contributed by atoms with E-state index in [-0.39, 0.29) is 13.0 Å². The number of rotatable bonds is 5. The zero-order chi connectivity index (χ0) is 27.1. The molecular formula is C31H36F2N6. The predicted molar refractivity (Wildman–Crippen MR) is 155 cm³/mol. The van der Waals surface area contributed by atoms with E-state index in [4.69, 9.17) is 5.73 Å². The highest BCUT2D eigenvalue weighted by Crippen LogP contribution is 2.36. The Morgan fingerprint density at radius 1 is 0.974 bits per heavy atom. The van der Waals surface area contributed by atoms with Gasteiger partial charge in [0.25, 0.3) is 5.92 Å². The molecule has 4 heterocycles. The minimum Gasteiger partial charge on any atom is -0.385 e. The van der Waals surface area contributed by atoms with Gasteiger partial charge in [0.05, 0.1) is 6.54 Å². The van der Waals surface area contributed by atoms with Gasteiger partial charge < -0.3 is 20.9 Å². The van der Waals surface area contributed by atoms with Gasteiger partial charge in [-0.3, -0.25) is 4.90 Å². The normalized spacial score (nSPS) is 19.7. The van der Waals surface area contributed by atoms with Gasteiger partial charge in [0, 0.05) is 86.5 Å². The number of pyridine rings is 1. The number of nitrogen functional groups attached to an aromatic ring is 1. The first kappa shape index (κ1) is 25.8. The average molecular weight is 531 g/mol. The van der Waals surface area contributed by atoms with Crippen molar-refractivity contribution in [1.82, 2.24) is 20.1 Å².